The summed E-state index contributed by atoms with van der Waals surface area (Å²) in [5, 5.41) is 10.8. The van der Waals surface area contributed by atoms with Crippen molar-refractivity contribution in [2.75, 3.05) is 7.11 Å². The van der Waals surface area contributed by atoms with Crippen molar-refractivity contribution in [2.45, 2.75) is 12.8 Å². The van der Waals surface area contributed by atoms with Crippen molar-refractivity contribution in [2.24, 2.45) is 5.92 Å². The molecule has 1 atom stereocenters. The minimum atomic E-state index is -0.558. The summed E-state index contributed by atoms with van der Waals surface area (Å²) in [7, 11) is 1.25. The summed E-state index contributed by atoms with van der Waals surface area (Å²) >= 11 is 0. The third-order valence-corrected chi connectivity index (χ3v) is 2.98. The molecule has 0 aromatic heterocycles. The van der Waals surface area contributed by atoms with Gasteiger partial charge < -0.3 is 4.74 Å². The third-order valence-electron chi connectivity index (χ3n) is 2.98. The number of rotatable bonds is 2. The molecule has 2 rings (SSSR count). The zero-order chi connectivity index (χ0) is 12.6. The van der Waals surface area contributed by atoms with Gasteiger partial charge in [0, 0.05) is 11.6 Å². The number of nitro groups is 1. The number of fused-ring (bicyclic) bond motifs is 1. The van der Waals surface area contributed by atoms with Crippen molar-refractivity contribution in [1.82, 2.24) is 0 Å². The van der Waals surface area contributed by atoms with E-state index in [2.05, 4.69) is 4.74 Å². The summed E-state index contributed by atoms with van der Waals surface area (Å²) in [6.45, 7) is 0. The van der Waals surface area contributed by atoms with Crippen molar-refractivity contribution in [3.05, 3.63) is 39.2 Å². The fourth-order valence-corrected chi connectivity index (χ4v) is 2.17. The van der Waals surface area contributed by atoms with Gasteiger partial charge in [0.1, 0.15) is 5.82 Å². The normalized spacial score (nSPS) is 17.6. The first-order valence-corrected chi connectivity index (χ1v) is 5.07. The topological polar surface area (TPSA) is 69.4 Å². The SMILES string of the molecule is COC(=O)C1Cc2c(F)ccc([N+](=O)[O-])c2C1. The summed E-state index contributed by atoms with van der Waals surface area (Å²) in [5.41, 5.74) is 0.438. The molecule has 1 unspecified atom stereocenters. The summed E-state index contributed by atoms with van der Waals surface area (Å²) in [6.07, 6.45) is 0.325. The van der Waals surface area contributed by atoms with Gasteiger partial charge in [-0.2, -0.15) is 0 Å². The zero-order valence-electron chi connectivity index (χ0n) is 9.10. The second-order valence-electron chi connectivity index (χ2n) is 3.91. The van der Waals surface area contributed by atoms with Gasteiger partial charge >= 0.3 is 5.97 Å². The van der Waals surface area contributed by atoms with Crippen molar-refractivity contribution < 1.29 is 18.8 Å². The molecule has 0 bridgehead atoms. The zero-order valence-corrected chi connectivity index (χ0v) is 9.10. The maximum atomic E-state index is 13.5. The molecular formula is C11H10FNO4. The van der Waals surface area contributed by atoms with Gasteiger partial charge in [-0.15, -0.1) is 0 Å². The van der Waals surface area contributed by atoms with Crippen molar-refractivity contribution >= 4 is 11.7 Å². The molecule has 5 nitrogen and oxygen atoms in total. The molecule has 1 aliphatic rings. The van der Waals surface area contributed by atoms with E-state index in [4.69, 9.17) is 0 Å². The molecule has 1 aromatic carbocycles. The molecule has 0 heterocycles. The van der Waals surface area contributed by atoms with Gasteiger partial charge in [0.15, 0.2) is 0 Å². The highest BCUT2D eigenvalue weighted by molar-refractivity contribution is 5.75. The van der Waals surface area contributed by atoms with Gasteiger partial charge in [-0.3, -0.25) is 14.9 Å². The molecule has 0 radical (unpaired) electrons. The second kappa shape index (κ2) is 4.12. The molecule has 1 aliphatic carbocycles. The minimum absolute atomic E-state index is 0.132. The molecule has 1 aromatic rings. The van der Waals surface area contributed by atoms with E-state index in [0.29, 0.717) is 5.56 Å². The molecule has 0 saturated heterocycles. The number of carbonyl (C=O) groups excluding carboxylic acids is 1. The van der Waals surface area contributed by atoms with E-state index in [-0.39, 0.29) is 24.1 Å². The summed E-state index contributed by atoms with van der Waals surface area (Å²) in [6, 6.07) is 2.20. The highest BCUT2D eigenvalue weighted by atomic mass is 19.1. The number of benzene rings is 1. The van der Waals surface area contributed by atoms with Crippen LogP contribution in [0.1, 0.15) is 11.1 Å². The lowest BCUT2D eigenvalue weighted by Gasteiger charge is -2.04. The molecule has 6 heteroatoms. The summed E-state index contributed by atoms with van der Waals surface area (Å²) in [4.78, 5) is 21.6. The molecule has 17 heavy (non-hydrogen) atoms. The van der Waals surface area contributed by atoms with Crippen LogP contribution in [-0.4, -0.2) is 18.0 Å². The van der Waals surface area contributed by atoms with Crippen molar-refractivity contribution in [3.8, 4) is 0 Å². The monoisotopic (exact) mass is 239 g/mol. The van der Waals surface area contributed by atoms with E-state index in [1.807, 2.05) is 0 Å². The Morgan fingerprint density at radius 3 is 2.71 bits per heavy atom. The largest absolute Gasteiger partial charge is 0.469 e. The highest BCUT2D eigenvalue weighted by Gasteiger charge is 2.35. The van der Waals surface area contributed by atoms with Gasteiger partial charge in [0.25, 0.3) is 5.69 Å². The van der Waals surface area contributed by atoms with E-state index in [1.165, 1.54) is 7.11 Å². The Bertz CT molecular complexity index is 500. The molecule has 0 amide bonds. The number of carbonyl (C=O) groups is 1. The number of hydrogen-bond donors (Lipinski definition) is 0. The maximum absolute atomic E-state index is 13.5. The third kappa shape index (κ3) is 1.86. The number of methoxy groups -OCH3 is 1. The predicted molar refractivity (Wildman–Crippen MR) is 56.0 cm³/mol. The molecule has 0 saturated carbocycles. The fraction of sp³-hybridized carbons (Fsp3) is 0.364. The summed E-state index contributed by atoms with van der Waals surface area (Å²) < 4.78 is 18.1. The first-order valence-electron chi connectivity index (χ1n) is 5.07. The van der Waals surface area contributed by atoms with Crippen LogP contribution >= 0.6 is 0 Å². The van der Waals surface area contributed by atoms with Gasteiger partial charge in [0.2, 0.25) is 0 Å². The number of nitro benzene ring substituents is 1. The lowest BCUT2D eigenvalue weighted by molar-refractivity contribution is -0.385. The summed E-state index contributed by atoms with van der Waals surface area (Å²) in [5.74, 6) is -1.49. The lowest BCUT2D eigenvalue weighted by atomic mass is 10.1. The highest BCUT2D eigenvalue weighted by Crippen LogP contribution is 2.35. The predicted octanol–water partition coefficient (Wildman–Crippen LogP) is 1.62. The molecule has 0 aliphatic heterocycles. The van der Waals surface area contributed by atoms with E-state index in [9.17, 15) is 19.3 Å². The standard InChI is InChI=1S/C11H10FNO4/c1-17-11(14)6-4-7-8(5-6)10(13(15)16)3-2-9(7)12/h2-3,6H,4-5H2,1H3. The second-order valence-corrected chi connectivity index (χ2v) is 3.91. The first-order chi connectivity index (χ1) is 8.04. The van der Waals surface area contributed by atoms with E-state index in [1.54, 1.807) is 0 Å². The van der Waals surface area contributed by atoms with Crippen molar-refractivity contribution in [3.63, 3.8) is 0 Å². The van der Waals surface area contributed by atoms with Crippen molar-refractivity contribution in [1.29, 1.82) is 0 Å². The Hall–Kier alpha value is -1.98. The quantitative estimate of drug-likeness (QED) is 0.446. The Morgan fingerprint density at radius 2 is 2.12 bits per heavy atom. The molecule has 0 spiro atoms. The van der Waals surface area contributed by atoms with E-state index < -0.39 is 22.6 Å². The molecule has 0 fully saturated rings. The maximum Gasteiger partial charge on any atom is 0.309 e. The van der Waals surface area contributed by atoms with E-state index in [0.717, 1.165) is 12.1 Å². The van der Waals surface area contributed by atoms with Crippen LogP contribution in [0.4, 0.5) is 10.1 Å². The van der Waals surface area contributed by atoms with Gasteiger partial charge in [0.05, 0.1) is 18.0 Å². The number of halogens is 1. The Labute approximate surface area is 96.3 Å². The van der Waals surface area contributed by atoms with Crippen LogP contribution in [0.2, 0.25) is 0 Å². The smallest absolute Gasteiger partial charge is 0.309 e. The number of ether oxygens (including phenoxy) is 1. The lowest BCUT2D eigenvalue weighted by Crippen LogP contribution is -2.16. The van der Waals surface area contributed by atoms with Crippen LogP contribution < -0.4 is 0 Å². The fourth-order valence-electron chi connectivity index (χ4n) is 2.17. The average Bonchev–Trinajstić information content (AvgIpc) is 2.73. The first kappa shape index (κ1) is 11.5. The molecule has 0 N–H and O–H groups in total. The number of nitrogens with zero attached hydrogens (tertiary/aromatic N) is 1. The molecule has 90 valence electrons. The van der Waals surface area contributed by atoms with Crippen LogP contribution in [0, 0.1) is 21.8 Å². The van der Waals surface area contributed by atoms with Gasteiger partial charge in [-0.1, -0.05) is 0 Å². The number of hydrogen-bond acceptors (Lipinski definition) is 4. The Balaban J connectivity index is 2.42. The van der Waals surface area contributed by atoms with Crippen LogP contribution in [0.25, 0.3) is 0 Å². The average molecular weight is 239 g/mol. The Morgan fingerprint density at radius 1 is 1.47 bits per heavy atom. The van der Waals surface area contributed by atoms with Crippen LogP contribution in [0.5, 0.6) is 0 Å². The van der Waals surface area contributed by atoms with Gasteiger partial charge in [-0.25, -0.2) is 4.39 Å². The number of esters is 1. The minimum Gasteiger partial charge on any atom is -0.469 e. The van der Waals surface area contributed by atoms with Crippen LogP contribution in [0.15, 0.2) is 12.1 Å². The Kier molecular flexibility index (Phi) is 2.79. The molecular weight excluding hydrogens is 229 g/mol. The van der Waals surface area contributed by atoms with Gasteiger partial charge in [-0.05, 0) is 24.5 Å². The van der Waals surface area contributed by atoms with Crippen LogP contribution in [0.3, 0.4) is 0 Å². The van der Waals surface area contributed by atoms with E-state index >= 15 is 0 Å². The van der Waals surface area contributed by atoms with Crippen LogP contribution in [-0.2, 0) is 22.4 Å².